The van der Waals surface area contributed by atoms with Gasteiger partial charge in [0, 0.05) is 17.1 Å². The number of hydrogen-bond acceptors (Lipinski definition) is 3. The van der Waals surface area contributed by atoms with Gasteiger partial charge in [0.15, 0.2) is 0 Å². The van der Waals surface area contributed by atoms with Crippen LogP contribution in [0.1, 0.15) is 11.1 Å². The van der Waals surface area contributed by atoms with E-state index in [2.05, 4.69) is 15.9 Å². The van der Waals surface area contributed by atoms with Crippen LogP contribution in [-0.4, -0.2) is 4.92 Å². The number of nitro benzene ring substituents is 1. The molecule has 0 aromatic heterocycles. The number of hydrogen-bond donors (Lipinski definition) is 1. The number of alkyl halides is 3. The summed E-state index contributed by atoms with van der Waals surface area (Å²) in [7, 11) is 0. The third-order valence-corrected chi connectivity index (χ3v) is 2.47. The summed E-state index contributed by atoms with van der Waals surface area (Å²) in [4.78, 5) is 9.46. The molecule has 0 atom stereocenters. The minimum atomic E-state index is -4.78. The standard InChI is InChI=1S/C8H6BrF3N2O2/c9-5-1-4(3-13)2-6(14(15)16)7(5)8(10,11)12/h1-2H,3,13H2. The Morgan fingerprint density at radius 1 is 1.44 bits per heavy atom. The van der Waals surface area contributed by atoms with Crippen molar-refractivity contribution >= 4 is 21.6 Å². The van der Waals surface area contributed by atoms with Crippen LogP contribution in [0.25, 0.3) is 0 Å². The minimum Gasteiger partial charge on any atom is -0.326 e. The van der Waals surface area contributed by atoms with Gasteiger partial charge in [0.1, 0.15) is 5.56 Å². The summed E-state index contributed by atoms with van der Waals surface area (Å²) in [5, 5.41) is 10.5. The molecule has 0 unspecified atom stereocenters. The van der Waals surface area contributed by atoms with E-state index in [1.807, 2.05) is 0 Å². The monoisotopic (exact) mass is 298 g/mol. The Bertz CT molecular complexity index is 434. The fraction of sp³-hybridized carbons (Fsp3) is 0.250. The number of nitrogens with zero attached hydrogens (tertiary/aromatic N) is 1. The first-order valence-corrected chi connectivity index (χ1v) is 4.80. The summed E-state index contributed by atoms with van der Waals surface area (Å²) in [6.45, 7) is -0.0718. The SMILES string of the molecule is NCc1cc(Br)c(C(F)(F)F)c([N+](=O)[O-])c1. The normalized spacial score (nSPS) is 11.6. The van der Waals surface area contributed by atoms with Gasteiger partial charge in [-0.2, -0.15) is 13.2 Å². The largest absolute Gasteiger partial charge is 0.424 e. The van der Waals surface area contributed by atoms with E-state index >= 15 is 0 Å². The molecule has 1 aromatic rings. The van der Waals surface area contributed by atoms with E-state index in [1.165, 1.54) is 0 Å². The lowest BCUT2D eigenvalue weighted by molar-refractivity contribution is -0.388. The summed E-state index contributed by atoms with van der Waals surface area (Å²) in [6.07, 6.45) is -4.78. The third kappa shape index (κ3) is 2.50. The van der Waals surface area contributed by atoms with Crippen molar-refractivity contribution < 1.29 is 18.1 Å². The van der Waals surface area contributed by atoms with Crippen molar-refractivity contribution in [3.05, 3.63) is 37.8 Å². The maximum absolute atomic E-state index is 12.5. The number of benzene rings is 1. The molecule has 0 aliphatic carbocycles. The minimum absolute atomic E-state index is 0.0718. The first-order chi connectivity index (χ1) is 7.27. The molecule has 4 nitrogen and oxygen atoms in total. The summed E-state index contributed by atoms with van der Waals surface area (Å²) in [5.74, 6) is 0. The molecule has 0 amide bonds. The zero-order valence-corrected chi connectivity index (χ0v) is 9.30. The molecule has 88 valence electrons. The number of rotatable bonds is 2. The van der Waals surface area contributed by atoms with Crippen molar-refractivity contribution in [2.75, 3.05) is 0 Å². The van der Waals surface area contributed by atoms with Gasteiger partial charge in [-0.15, -0.1) is 0 Å². The second-order valence-corrected chi connectivity index (χ2v) is 3.79. The molecule has 1 rings (SSSR count). The molecule has 0 saturated heterocycles. The Hall–Kier alpha value is -1.15. The number of nitro groups is 1. The maximum Gasteiger partial charge on any atom is 0.424 e. The van der Waals surface area contributed by atoms with E-state index in [0.29, 0.717) is 0 Å². The zero-order chi connectivity index (χ0) is 12.5. The summed E-state index contributed by atoms with van der Waals surface area (Å²) >= 11 is 2.66. The first-order valence-electron chi connectivity index (χ1n) is 4.01. The Labute approximate surface area is 96.5 Å². The van der Waals surface area contributed by atoms with Crippen molar-refractivity contribution in [1.29, 1.82) is 0 Å². The maximum atomic E-state index is 12.5. The van der Waals surface area contributed by atoms with Crippen molar-refractivity contribution in [3.8, 4) is 0 Å². The second-order valence-electron chi connectivity index (χ2n) is 2.93. The highest BCUT2D eigenvalue weighted by Gasteiger charge is 2.40. The van der Waals surface area contributed by atoms with Crippen LogP contribution in [0, 0.1) is 10.1 Å². The topological polar surface area (TPSA) is 69.2 Å². The number of nitrogens with two attached hydrogens (primary N) is 1. The van der Waals surface area contributed by atoms with Gasteiger partial charge in [-0.1, -0.05) is 0 Å². The molecule has 8 heteroatoms. The predicted molar refractivity (Wildman–Crippen MR) is 53.7 cm³/mol. The van der Waals surface area contributed by atoms with Crippen LogP contribution in [0.15, 0.2) is 16.6 Å². The third-order valence-electron chi connectivity index (χ3n) is 1.85. The highest BCUT2D eigenvalue weighted by atomic mass is 79.9. The van der Waals surface area contributed by atoms with Crippen molar-refractivity contribution in [3.63, 3.8) is 0 Å². The van der Waals surface area contributed by atoms with Crippen LogP contribution in [0.4, 0.5) is 18.9 Å². The van der Waals surface area contributed by atoms with Gasteiger partial charge < -0.3 is 5.73 Å². The summed E-state index contributed by atoms with van der Waals surface area (Å²) < 4.78 is 37.2. The van der Waals surface area contributed by atoms with Gasteiger partial charge in [-0.25, -0.2) is 0 Å². The Balaban J connectivity index is 3.53. The van der Waals surface area contributed by atoms with Crippen molar-refractivity contribution in [1.82, 2.24) is 0 Å². The van der Waals surface area contributed by atoms with Crippen LogP contribution < -0.4 is 5.73 Å². The fourth-order valence-corrected chi connectivity index (χ4v) is 1.91. The summed E-state index contributed by atoms with van der Waals surface area (Å²) in [6, 6.07) is 1.95. The van der Waals surface area contributed by atoms with Gasteiger partial charge >= 0.3 is 6.18 Å². The average molecular weight is 299 g/mol. The van der Waals surface area contributed by atoms with Crippen molar-refractivity contribution in [2.24, 2.45) is 5.73 Å². The highest BCUT2D eigenvalue weighted by Crippen LogP contribution is 2.41. The molecule has 0 aliphatic rings. The van der Waals surface area contributed by atoms with Crippen molar-refractivity contribution in [2.45, 2.75) is 12.7 Å². The van der Waals surface area contributed by atoms with E-state index in [4.69, 9.17) is 5.73 Å². The van der Waals surface area contributed by atoms with E-state index < -0.39 is 22.4 Å². The number of halogens is 4. The van der Waals surface area contributed by atoms with E-state index in [1.54, 1.807) is 0 Å². The molecule has 0 spiro atoms. The Morgan fingerprint density at radius 2 is 2.00 bits per heavy atom. The molecule has 0 fully saturated rings. The van der Waals surface area contributed by atoms with Gasteiger partial charge in [0.2, 0.25) is 0 Å². The van der Waals surface area contributed by atoms with Crippen LogP contribution in [-0.2, 0) is 12.7 Å². The molecule has 0 aliphatic heterocycles. The Kier molecular flexibility index (Phi) is 3.54. The van der Waals surface area contributed by atoms with E-state index in [0.717, 1.165) is 12.1 Å². The molecule has 0 saturated carbocycles. The van der Waals surface area contributed by atoms with E-state index in [9.17, 15) is 23.3 Å². The van der Waals surface area contributed by atoms with Gasteiger partial charge in [0.05, 0.1) is 4.92 Å². The van der Waals surface area contributed by atoms with Crippen LogP contribution in [0.5, 0.6) is 0 Å². The predicted octanol–water partition coefficient (Wildman–Crippen LogP) is 2.83. The molecular formula is C8H6BrF3N2O2. The first kappa shape index (κ1) is 12.9. The molecule has 16 heavy (non-hydrogen) atoms. The average Bonchev–Trinajstić information content (AvgIpc) is 2.14. The highest BCUT2D eigenvalue weighted by molar-refractivity contribution is 9.10. The van der Waals surface area contributed by atoms with Gasteiger partial charge in [0.25, 0.3) is 5.69 Å². The summed E-state index contributed by atoms with van der Waals surface area (Å²) in [5.41, 5.74) is 3.18. The lowest BCUT2D eigenvalue weighted by Crippen LogP contribution is -2.11. The molecule has 0 radical (unpaired) electrons. The van der Waals surface area contributed by atoms with Crippen LogP contribution in [0.3, 0.4) is 0 Å². The van der Waals surface area contributed by atoms with Gasteiger partial charge in [-0.3, -0.25) is 10.1 Å². The molecule has 0 bridgehead atoms. The molecular weight excluding hydrogens is 293 g/mol. The molecule has 0 heterocycles. The molecule has 2 N–H and O–H groups in total. The quantitative estimate of drug-likeness (QED) is 0.674. The lowest BCUT2D eigenvalue weighted by Gasteiger charge is -2.10. The second kappa shape index (κ2) is 4.38. The zero-order valence-electron chi connectivity index (χ0n) is 7.71. The van der Waals surface area contributed by atoms with Crippen LogP contribution in [0.2, 0.25) is 0 Å². The van der Waals surface area contributed by atoms with Gasteiger partial charge in [-0.05, 0) is 27.6 Å². The fourth-order valence-electron chi connectivity index (χ4n) is 1.19. The smallest absolute Gasteiger partial charge is 0.326 e. The Morgan fingerprint density at radius 3 is 2.38 bits per heavy atom. The lowest BCUT2D eigenvalue weighted by atomic mass is 10.1. The molecule has 1 aromatic carbocycles. The van der Waals surface area contributed by atoms with E-state index in [-0.39, 0.29) is 16.6 Å². The van der Waals surface area contributed by atoms with Crippen LogP contribution >= 0.6 is 15.9 Å².